The first-order valence-electron chi connectivity index (χ1n) is 10.2. The van der Waals surface area contributed by atoms with Crippen LogP contribution in [0.4, 0.5) is 0 Å². The van der Waals surface area contributed by atoms with Crippen molar-refractivity contribution in [2.75, 3.05) is 26.7 Å². The number of ether oxygens (including phenoxy) is 1. The number of ketones is 1. The fourth-order valence-electron chi connectivity index (χ4n) is 3.38. The monoisotopic (exact) mass is 396 g/mol. The second kappa shape index (κ2) is 11.4. The third-order valence-electron chi connectivity index (χ3n) is 5.18. The molecular formula is C24H32N2O3. The molecule has 5 nitrogen and oxygen atoms in total. The molecule has 1 amide bonds. The Hall–Kier alpha value is -2.66. The van der Waals surface area contributed by atoms with Crippen LogP contribution in [0.25, 0.3) is 0 Å². The first kappa shape index (κ1) is 22.6. The number of hydrogen-bond donors (Lipinski definition) is 1. The summed E-state index contributed by atoms with van der Waals surface area (Å²) in [5, 5.41) is 3.02. The minimum absolute atomic E-state index is 0.0575. The normalized spacial score (nSPS) is 11.9. The zero-order chi connectivity index (χ0) is 21.2. The number of aryl methyl sites for hydroxylation is 1. The van der Waals surface area contributed by atoms with Crippen molar-refractivity contribution < 1.29 is 14.3 Å². The van der Waals surface area contributed by atoms with Crippen molar-refractivity contribution >= 4 is 11.7 Å². The zero-order valence-corrected chi connectivity index (χ0v) is 17.9. The fourth-order valence-corrected chi connectivity index (χ4v) is 3.38. The number of methoxy groups -OCH3 is 1. The van der Waals surface area contributed by atoms with Crippen LogP contribution in [0.2, 0.25) is 0 Å². The van der Waals surface area contributed by atoms with Crippen molar-refractivity contribution in [3.63, 3.8) is 0 Å². The van der Waals surface area contributed by atoms with Gasteiger partial charge < -0.3 is 10.1 Å². The summed E-state index contributed by atoms with van der Waals surface area (Å²) in [7, 11) is 1.57. The molecule has 0 saturated heterocycles. The number of likely N-dealkylation sites (N-methyl/N-ethyl adjacent to an activating group) is 1. The first-order valence-corrected chi connectivity index (χ1v) is 10.2. The summed E-state index contributed by atoms with van der Waals surface area (Å²) in [5.74, 6) is 0.476. The summed E-state index contributed by atoms with van der Waals surface area (Å²) in [5.41, 5.74) is 2.97. The van der Waals surface area contributed by atoms with Crippen molar-refractivity contribution in [3.8, 4) is 5.75 Å². The van der Waals surface area contributed by atoms with Crippen LogP contribution in [0.3, 0.4) is 0 Å². The quantitative estimate of drug-likeness (QED) is 0.579. The van der Waals surface area contributed by atoms with E-state index in [4.69, 9.17) is 4.74 Å². The molecule has 0 aromatic heterocycles. The molecule has 0 fully saturated rings. The van der Waals surface area contributed by atoms with Crippen molar-refractivity contribution in [2.45, 2.75) is 39.7 Å². The highest BCUT2D eigenvalue weighted by Gasteiger charge is 2.19. The lowest BCUT2D eigenvalue weighted by Gasteiger charge is -2.30. The van der Waals surface area contributed by atoms with Crippen LogP contribution < -0.4 is 10.1 Å². The van der Waals surface area contributed by atoms with Gasteiger partial charge in [-0.1, -0.05) is 55.8 Å². The van der Waals surface area contributed by atoms with Gasteiger partial charge in [0.15, 0.2) is 5.78 Å². The molecule has 0 radical (unpaired) electrons. The fraction of sp³-hybridized carbons (Fsp3) is 0.417. The summed E-state index contributed by atoms with van der Waals surface area (Å²) in [6.07, 6.45) is 0.356. The predicted molar refractivity (Wildman–Crippen MR) is 116 cm³/mol. The number of carbonyl (C=O) groups is 2. The molecule has 5 heteroatoms. The SMILES string of the molecule is CCN(CC)C(CNC(=O)CCC(=O)c1cccc(OC)c1)c1ccc(C)cc1. The predicted octanol–water partition coefficient (Wildman–Crippen LogP) is 4.17. The minimum atomic E-state index is -0.106. The number of nitrogens with one attached hydrogen (secondary N) is 1. The maximum atomic E-state index is 12.4. The molecule has 2 rings (SSSR count). The van der Waals surface area contributed by atoms with Crippen molar-refractivity contribution in [1.82, 2.24) is 10.2 Å². The average Bonchev–Trinajstić information content (AvgIpc) is 2.75. The van der Waals surface area contributed by atoms with Crippen LogP contribution in [0.5, 0.6) is 5.75 Å². The standard InChI is InChI=1S/C24H32N2O3/c1-5-26(6-2)22(19-12-10-18(3)11-13-19)17-25-24(28)15-14-23(27)20-8-7-9-21(16-20)29-4/h7-13,16,22H,5-6,14-15,17H2,1-4H3,(H,25,28). The van der Waals surface area contributed by atoms with Gasteiger partial charge in [0.05, 0.1) is 13.2 Å². The Bertz CT molecular complexity index is 798. The number of Topliss-reactive ketones (excluding diaryl/α,β-unsaturated/α-hetero) is 1. The second-order valence-corrected chi connectivity index (χ2v) is 7.11. The molecule has 1 unspecified atom stereocenters. The molecule has 1 atom stereocenters. The third-order valence-corrected chi connectivity index (χ3v) is 5.18. The van der Waals surface area contributed by atoms with E-state index in [1.165, 1.54) is 11.1 Å². The lowest BCUT2D eigenvalue weighted by molar-refractivity contribution is -0.121. The van der Waals surface area contributed by atoms with E-state index in [9.17, 15) is 9.59 Å². The maximum Gasteiger partial charge on any atom is 0.220 e. The molecule has 29 heavy (non-hydrogen) atoms. The number of benzene rings is 2. The van der Waals surface area contributed by atoms with Gasteiger partial charge in [-0.2, -0.15) is 0 Å². The summed E-state index contributed by atoms with van der Waals surface area (Å²) < 4.78 is 5.15. The van der Waals surface area contributed by atoms with Crippen LogP contribution in [-0.2, 0) is 4.79 Å². The third kappa shape index (κ3) is 6.71. The molecule has 0 saturated carbocycles. The van der Waals surface area contributed by atoms with Crippen LogP contribution in [0.15, 0.2) is 48.5 Å². The molecule has 0 heterocycles. The topological polar surface area (TPSA) is 58.6 Å². The lowest BCUT2D eigenvalue weighted by atomic mass is 10.0. The summed E-state index contributed by atoms with van der Waals surface area (Å²) in [6.45, 7) is 8.64. The number of nitrogens with zero attached hydrogens (tertiary/aromatic N) is 1. The molecule has 0 aliphatic heterocycles. The Kier molecular flexibility index (Phi) is 8.87. The van der Waals surface area contributed by atoms with Gasteiger partial charge >= 0.3 is 0 Å². The van der Waals surface area contributed by atoms with Gasteiger partial charge in [0, 0.05) is 24.9 Å². The number of amides is 1. The van der Waals surface area contributed by atoms with E-state index >= 15 is 0 Å². The van der Waals surface area contributed by atoms with Gasteiger partial charge in [-0.3, -0.25) is 14.5 Å². The average molecular weight is 397 g/mol. The molecule has 156 valence electrons. The van der Waals surface area contributed by atoms with Crippen LogP contribution in [0, 0.1) is 6.92 Å². The van der Waals surface area contributed by atoms with E-state index in [1.54, 1.807) is 31.4 Å². The van der Waals surface area contributed by atoms with Gasteiger partial charge in [0.1, 0.15) is 5.75 Å². The van der Waals surface area contributed by atoms with E-state index in [0.717, 1.165) is 13.1 Å². The van der Waals surface area contributed by atoms with Gasteiger partial charge in [-0.25, -0.2) is 0 Å². The number of hydrogen-bond acceptors (Lipinski definition) is 4. The highest BCUT2D eigenvalue weighted by Crippen LogP contribution is 2.20. The van der Waals surface area contributed by atoms with Gasteiger partial charge in [0.25, 0.3) is 0 Å². The summed E-state index contributed by atoms with van der Waals surface area (Å²) in [6, 6.07) is 15.6. The van der Waals surface area contributed by atoms with E-state index in [-0.39, 0.29) is 30.6 Å². The van der Waals surface area contributed by atoms with Crippen LogP contribution in [-0.4, -0.2) is 43.3 Å². The molecule has 0 bridgehead atoms. The van der Waals surface area contributed by atoms with Crippen LogP contribution >= 0.6 is 0 Å². The first-order chi connectivity index (χ1) is 14.0. The maximum absolute atomic E-state index is 12.4. The van der Waals surface area contributed by atoms with Crippen LogP contribution in [0.1, 0.15) is 54.2 Å². The van der Waals surface area contributed by atoms with Crippen molar-refractivity contribution in [1.29, 1.82) is 0 Å². The van der Waals surface area contributed by atoms with E-state index < -0.39 is 0 Å². The highest BCUT2D eigenvalue weighted by molar-refractivity contribution is 5.98. The van der Waals surface area contributed by atoms with Crippen molar-refractivity contribution in [2.24, 2.45) is 0 Å². The van der Waals surface area contributed by atoms with E-state index in [2.05, 4.69) is 55.3 Å². The molecule has 0 spiro atoms. The molecule has 2 aromatic rings. The van der Waals surface area contributed by atoms with Crippen molar-refractivity contribution in [3.05, 3.63) is 65.2 Å². The molecule has 0 aliphatic carbocycles. The lowest BCUT2D eigenvalue weighted by Crippen LogP contribution is -2.38. The van der Waals surface area contributed by atoms with Gasteiger partial charge in [-0.15, -0.1) is 0 Å². The molecule has 0 aliphatic rings. The minimum Gasteiger partial charge on any atom is -0.497 e. The Morgan fingerprint density at radius 2 is 1.72 bits per heavy atom. The Labute approximate surface area is 174 Å². The van der Waals surface area contributed by atoms with Gasteiger partial charge in [-0.05, 0) is 37.7 Å². The highest BCUT2D eigenvalue weighted by atomic mass is 16.5. The largest absolute Gasteiger partial charge is 0.497 e. The molecule has 1 N–H and O–H groups in total. The molecule has 2 aromatic carbocycles. The number of rotatable bonds is 11. The zero-order valence-electron chi connectivity index (χ0n) is 17.9. The van der Waals surface area contributed by atoms with Gasteiger partial charge in [0.2, 0.25) is 5.91 Å². The smallest absolute Gasteiger partial charge is 0.220 e. The number of carbonyl (C=O) groups excluding carboxylic acids is 2. The molecular weight excluding hydrogens is 364 g/mol. The summed E-state index contributed by atoms with van der Waals surface area (Å²) >= 11 is 0. The Balaban J connectivity index is 1.93. The Morgan fingerprint density at radius 3 is 2.34 bits per heavy atom. The van der Waals surface area contributed by atoms with E-state index in [0.29, 0.717) is 17.9 Å². The second-order valence-electron chi connectivity index (χ2n) is 7.11. The van der Waals surface area contributed by atoms with E-state index in [1.807, 2.05) is 0 Å². The Morgan fingerprint density at radius 1 is 1.03 bits per heavy atom. The summed E-state index contributed by atoms with van der Waals surface area (Å²) in [4.78, 5) is 27.1.